The average Bonchev–Trinajstić information content (AvgIpc) is 2.51. The van der Waals surface area contributed by atoms with E-state index in [1.54, 1.807) is 7.05 Å². The molecule has 76 valence electrons. The first-order valence-electron chi connectivity index (χ1n) is 4.35. The van der Waals surface area contributed by atoms with E-state index in [4.69, 9.17) is 9.47 Å². The van der Waals surface area contributed by atoms with Crippen LogP contribution in [0.2, 0.25) is 0 Å². The highest BCUT2D eigenvalue weighted by Gasteiger charge is 2.30. The van der Waals surface area contributed by atoms with Gasteiger partial charge >= 0.3 is 0 Å². The molecule has 0 saturated carbocycles. The summed E-state index contributed by atoms with van der Waals surface area (Å²) in [4.78, 5) is 11.1. The molecule has 0 unspecified atom stereocenters. The van der Waals surface area contributed by atoms with Crippen LogP contribution >= 0.6 is 0 Å². The van der Waals surface area contributed by atoms with Crippen LogP contribution in [-0.2, 0) is 14.3 Å². The Morgan fingerprint density at radius 3 is 2.62 bits per heavy atom. The molecule has 5 heteroatoms. The molecule has 5 nitrogen and oxygen atoms in total. The Balaban J connectivity index is 2.21. The summed E-state index contributed by atoms with van der Waals surface area (Å²) in [7, 11) is 1.73. The zero-order valence-electron chi connectivity index (χ0n) is 8.05. The number of ether oxygens (including phenoxy) is 2. The van der Waals surface area contributed by atoms with E-state index in [9.17, 15) is 4.79 Å². The minimum absolute atomic E-state index is 0.0529. The molecule has 13 heavy (non-hydrogen) atoms. The molecule has 0 spiro atoms. The highest BCUT2D eigenvalue weighted by atomic mass is 16.7. The molecule has 0 bridgehead atoms. The Hall–Kier alpha value is -0.650. The largest absolute Gasteiger partial charge is 0.350 e. The molecule has 0 atom stereocenters. The van der Waals surface area contributed by atoms with Gasteiger partial charge in [-0.15, -0.1) is 0 Å². The lowest BCUT2D eigenvalue weighted by Gasteiger charge is -2.22. The number of rotatable bonds is 4. The Bertz CT molecular complexity index is 178. The molecule has 0 aliphatic carbocycles. The molecule has 1 fully saturated rings. The third kappa shape index (κ3) is 3.30. The van der Waals surface area contributed by atoms with Gasteiger partial charge in [-0.05, 0) is 14.0 Å². The van der Waals surface area contributed by atoms with Crippen molar-refractivity contribution in [3.63, 3.8) is 0 Å². The molecule has 1 aliphatic rings. The third-order valence-corrected chi connectivity index (χ3v) is 1.84. The van der Waals surface area contributed by atoms with Crippen LogP contribution in [-0.4, -0.2) is 45.0 Å². The van der Waals surface area contributed by atoms with Gasteiger partial charge in [0.05, 0.1) is 26.3 Å². The molecule has 1 saturated heterocycles. The second-order valence-electron chi connectivity index (χ2n) is 3.14. The zero-order valence-corrected chi connectivity index (χ0v) is 8.05. The fourth-order valence-electron chi connectivity index (χ4n) is 1.14. The summed E-state index contributed by atoms with van der Waals surface area (Å²) >= 11 is 0. The first-order chi connectivity index (χ1) is 6.16. The van der Waals surface area contributed by atoms with Crippen LogP contribution in [0, 0.1) is 0 Å². The molecule has 1 rings (SSSR count). The standard InChI is InChI=1S/C8H16N2O3/c1-8(12-3-4-13-8)6-10-7(11)5-9-2/h9H,3-6H2,1-2H3,(H,10,11). The number of carbonyl (C=O) groups excluding carboxylic acids is 1. The van der Waals surface area contributed by atoms with Gasteiger partial charge in [-0.25, -0.2) is 0 Å². The Morgan fingerprint density at radius 1 is 1.46 bits per heavy atom. The summed E-state index contributed by atoms with van der Waals surface area (Å²) in [6, 6.07) is 0. The second kappa shape index (κ2) is 4.55. The lowest BCUT2D eigenvalue weighted by molar-refractivity contribution is -0.145. The highest BCUT2D eigenvalue weighted by Crippen LogP contribution is 2.16. The van der Waals surface area contributed by atoms with Crippen LogP contribution in [0.4, 0.5) is 0 Å². The normalized spacial score (nSPS) is 20.2. The van der Waals surface area contributed by atoms with Gasteiger partial charge in [0.15, 0.2) is 5.79 Å². The summed E-state index contributed by atoms with van der Waals surface area (Å²) in [5.74, 6) is -0.688. The van der Waals surface area contributed by atoms with Crippen LogP contribution in [0.3, 0.4) is 0 Å². The minimum Gasteiger partial charge on any atom is -0.350 e. The minimum atomic E-state index is -0.636. The Labute approximate surface area is 77.8 Å². The van der Waals surface area contributed by atoms with Gasteiger partial charge in [0.1, 0.15) is 0 Å². The van der Waals surface area contributed by atoms with E-state index < -0.39 is 5.79 Å². The van der Waals surface area contributed by atoms with E-state index in [1.807, 2.05) is 6.92 Å². The lowest BCUT2D eigenvalue weighted by Crippen LogP contribution is -2.43. The van der Waals surface area contributed by atoms with E-state index in [-0.39, 0.29) is 5.91 Å². The van der Waals surface area contributed by atoms with Gasteiger partial charge in [0, 0.05) is 0 Å². The summed E-state index contributed by atoms with van der Waals surface area (Å²) in [5, 5.41) is 5.48. The van der Waals surface area contributed by atoms with Gasteiger partial charge in [0.2, 0.25) is 5.91 Å². The van der Waals surface area contributed by atoms with Crippen molar-refractivity contribution in [1.82, 2.24) is 10.6 Å². The predicted octanol–water partition coefficient (Wildman–Crippen LogP) is -0.915. The maximum atomic E-state index is 11.1. The maximum absolute atomic E-state index is 11.1. The van der Waals surface area contributed by atoms with Gasteiger partial charge in [-0.2, -0.15) is 0 Å². The third-order valence-electron chi connectivity index (χ3n) is 1.84. The van der Waals surface area contributed by atoms with E-state index in [1.165, 1.54) is 0 Å². The van der Waals surface area contributed by atoms with E-state index >= 15 is 0 Å². The Morgan fingerprint density at radius 2 is 2.08 bits per heavy atom. The molecule has 0 radical (unpaired) electrons. The second-order valence-corrected chi connectivity index (χ2v) is 3.14. The number of likely N-dealkylation sites (N-methyl/N-ethyl adjacent to an activating group) is 1. The lowest BCUT2D eigenvalue weighted by atomic mass is 10.3. The molecule has 1 heterocycles. The van der Waals surface area contributed by atoms with Crippen LogP contribution in [0.25, 0.3) is 0 Å². The molecular weight excluding hydrogens is 172 g/mol. The van der Waals surface area contributed by atoms with Crippen molar-refractivity contribution < 1.29 is 14.3 Å². The monoisotopic (exact) mass is 188 g/mol. The molecule has 0 aromatic rings. The quantitative estimate of drug-likeness (QED) is 0.599. The van der Waals surface area contributed by atoms with Crippen LogP contribution in [0.1, 0.15) is 6.92 Å². The molecule has 0 aromatic heterocycles. The predicted molar refractivity (Wildman–Crippen MR) is 47.2 cm³/mol. The average molecular weight is 188 g/mol. The van der Waals surface area contributed by atoms with Gasteiger partial charge in [-0.3, -0.25) is 4.79 Å². The van der Waals surface area contributed by atoms with Crippen LogP contribution in [0.5, 0.6) is 0 Å². The fraction of sp³-hybridized carbons (Fsp3) is 0.875. The number of carbonyl (C=O) groups is 1. The van der Waals surface area contributed by atoms with Crippen molar-refractivity contribution >= 4 is 5.91 Å². The smallest absolute Gasteiger partial charge is 0.234 e. The number of hydrogen-bond acceptors (Lipinski definition) is 4. The molecule has 1 aliphatic heterocycles. The summed E-state index contributed by atoms with van der Waals surface area (Å²) < 4.78 is 10.6. The van der Waals surface area contributed by atoms with Crippen molar-refractivity contribution in [1.29, 1.82) is 0 Å². The number of nitrogens with one attached hydrogen (secondary N) is 2. The van der Waals surface area contributed by atoms with Crippen molar-refractivity contribution in [3.05, 3.63) is 0 Å². The number of hydrogen-bond donors (Lipinski definition) is 2. The summed E-state index contributed by atoms with van der Waals surface area (Å²) in [6.07, 6.45) is 0. The highest BCUT2D eigenvalue weighted by molar-refractivity contribution is 5.77. The zero-order chi connectivity index (χ0) is 9.73. The molecule has 2 N–H and O–H groups in total. The molecule has 1 amide bonds. The van der Waals surface area contributed by atoms with Gasteiger partial charge in [-0.1, -0.05) is 0 Å². The van der Waals surface area contributed by atoms with E-state index in [2.05, 4.69) is 10.6 Å². The van der Waals surface area contributed by atoms with Crippen molar-refractivity contribution in [2.24, 2.45) is 0 Å². The summed E-state index contributed by atoms with van der Waals surface area (Å²) in [6.45, 7) is 3.72. The van der Waals surface area contributed by atoms with Crippen molar-refractivity contribution in [2.75, 3.05) is 33.4 Å². The van der Waals surface area contributed by atoms with Crippen LogP contribution < -0.4 is 10.6 Å². The van der Waals surface area contributed by atoms with Crippen molar-refractivity contribution in [2.45, 2.75) is 12.7 Å². The molecule has 0 aromatic carbocycles. The number of amides is 1. The fourth-order valence-corrected chi connectivity index (χ4v) is 1.14. The molecular formula is C8H16N2O3. The van der Waals surface area contributed by atoms with E-state index in [0.717, 1.165) is 0 Å². The SMILES string of the molecule is CNCC(=O)NCC1(C)OCCO1. The first kappa shape index (κ1) is 10.4. The van der Waals surface area contributed by atoms with Crippen molar-refractivity contribution in [3.8, 4) is 0 Å². The van der Waals surface area contributed by atoms with Gasteiger partial charge in [0.25, 0.3) is 0 Å². The van der Waals surface area contributed by atoms with E-state index in [0.29, 0.717) is 26.3 Å². The Kier molecular flexibility index (Phi) is 3.65. The van der Waals surface area contributed by atoms with Gasteiger partial charge < -0.3 is 20.1 Å². The topological polar surface area (TPSA) is 59.6 Å². The first-order valence-corrected chi connectivity index (χ1v) is 4.35. The van der Waals surface area contributed by atoms with Crippen LogP contribution in [0.15, 0.2) is 0 Å². The summed E-state index contributed by atoms with van der Waals surface area (Å²) in [5.41, 5.74) is 0. The maximum Gasteiger partial charge on any atom is 0.234 e.